The third-order valence-corrected chi connectivity index (χ3v) is 4.94. The average molecular weight is 369 g/mol. The van der Waals surface area contributed by atoms with Gasteiger partial charge in [0.15, 0.2) is 5.96 Å². The van der Waals surface area contributed by atoms with Gasteiger partial charge in [-0.05, 0) is 34.1 Å². The molecule has 0 saturated carbocycles. The Kier molecular flexibility index (Phi) is 10.1. The second-order valence-electron chi connectivity index (χ2n) is 5.87. The molecular weight excluding hydrogens is 336 g/mol. The van der Waals surface area contributed by atoms with Crippen LogP contribution in [-0.4, -0.2) is 36.6 Å². The molecule has 0 radical (unpaired) electrons. The van der Waals surface area contributed by atoms with Gasteiger partial charge in [0.05, 0.1) is 18.3 Å². The molecule has 0 aliphatic rings. The molecule has 1 unspecified atom stereocenters. The number of esters is 1. The lowest BCUT2D eigenvalue weighted by Gasteiger charge is -2.16. The zero-order valence-corrected chi connectivity index (χ0v) is 17.0. The molecule has 0 bridgehead atoms. The van der Waals surface area contributed by atoms with Crippen molar-refractivity contribution in [2.24, 2.45) is 4.99 Å². The summed E-state index contributed by atoms with van der Waals surface area (Å²) in [6, 6.07) is -0.0275. The lowest BCUT2D eigenvalue weighted by atomic mass is 10.2. The van der Waals surface area contributed by atoms with Gasteiger partial charge < -0.3 is 15.4 Å². The highest BCUT2D eigenvalue weighted by atomic mass is 32.1. The molecule has 1 atom stereocenters. The summed E-state index contributed by atoms with van der Waals surface area (Å²) in [6.45, 7) is 11.9. The van der Waals surface area contributed by atoms with Gasteiger partial charge in [-0.15, -0.1) is 11.3 Å². The van der Waals surface area contributed by atoms with E-state index < -0.39 is 0 Å². The largest absolute Gasteiger partial charge is 0.462 e. The zero-order valence-electron chi connectivity index (χ0n) is 16.1. The van der Waals surface area contributed by atoms with Crippen molar-refractivity contribution >= 4 is 23.3 Å². The lowest BCUT2D eigenvalue weighted by Crippen LogP contribution is -2.38. The predicted octanol–water partition coefficient (Wildman–Crippen LogP) is 3.82. The topological polar surface area (TPSA) is 75.6 Å². The van der Waals surface area contributed by atoms with Crippen LogP contribution in [0.3, 0.4) is 0 Å². The molecule has 1 rings (SSSR count). The van der Waals surface area contributed by atoms with Crippen LogP contribution in [0.2, 0.25) is 0 Å². The normalized spacial score (nSPS) is 12.8. The maximum atomic E-state index is 11.9. The predicted molar refractivity (Wildman–Crippen MR) is 104 cm³/mol. The number of ether oxygens (including phenoxy) is 1. The van der Waals surface area contributed by atoms with Crippen LogP contribution in [0.1, 0.15) is 79.8 Å². The third-order valence-electron chi connectivity index (χ3n) is 3.62. The molecule has 0 aliphatic heterocycles. The fourth-order valence-corrected chi connectivity index (χ4v) is 3.27. The van der Waals surface area contributed by atoms with Crippen molar-refractivity contribution in [3.8, 4) is 0 Å². The number of carbonyl (C=O) groups excluding carboxylic acids is 1. The number of rotatable bonds is 10. The number of hydrogen-bond acceptors (Lipinski definition) is 5. The van der Waals surface area contributed by atoms with Gasteiger partial charge >= 0.3 is 5.97 Å². The minimum Gasteiger partial charge on any atom is -0.462 e. The minimum absolute atomic E-state index is 0.0275. The van der Waals surface area contributed by atoms with Crippen molar-refractivity contribution in [2.45, 2.75) is 66.3 Å². The summed E-state index contributed by atoms with van der Waals surface area (Å²) >= 11 is 1.38. The summed E-state index contributed by atoms with van der Waals surface area (Å²) in [6.07, 6.45) is 4.79. The van der Waals surface area contributed by atoms with E-state index in [0.717, 1.165) is 30.5 Å². The molecule has 1 aromatic rings. The number of nitrogens with one attached hydrogen (secondary N) is 2. The number of aryl methyl sites for hydroxylation is 1. The highest BCUT2D eigenvalue weighted by Crippen LogP contribution is 2.24. The van der Waals surface area contributed by atoms with Gasteiger partial charge in [0.2, 0.25) is 0 Å². The number of guanidine groups is 1. The Hall–Kier alpha value is -1.63. The van der Waals surface area contributed by atoms with E-state index in [1.165, 1.54) is 30.6 Å². The first-order valence-corrected chi connectivity index (χ1v) is 10.0. The Balaban J connectivity index is 2.70. The van der Waals surface area contributed by atoms with E-state index >= 15 is 0 Å². The summed E-state index contributed by atoms with van der Waals surface area (Å²) in [7, 11) is 0. The van der Waals surface area contributed by atoms with Crippen LogP contribution in [0.5, 0.6) is 0 Å². The monoisotopic (exact) mass is 368 g/mol. The van der Waals surface area contributed by atoms with Gasteiger partial charge in [-0.2, -0.15) is 0 Å². The number of aromatic nitrogens is 1. The zero-order chi connectivity index (χ0) is 18.7. The van der Waals surface area contributed by atoms with Crippen molar-refractivity contribution in [3.63, 3.8) is 0 Å². The van der Waals surface area contributed by atoms with Crippen LogP contribution in [0.25, 0.3) is 0 Å². The molecule has 0 aromatic carbocycles. The molecular formula is C18H32N4O2S. The molecule has 1 heterocycles. The lowest BCUT2D eigenvalue weighted by molar-refractivity contribution is 0.0531. The van der Waals surface area contributed by atoms with Gasteiger partial charge in [0.25, 0.3) is 0 Å². The van der Waals surface area contributed by atoms with E-state index in [4.69, 9.17) is 4.74 Å². The Morgan fingerprint density at radius 3 is 2.68 bits per heavy atom. The van der Waals surface area contributed by atoms with Crippen LogP contribution < -0.4 is 10.6 Å². The van der Waals surface area contributed by atoms with Crippen LogP contribution >= 0.6 is 11.3 Å². The van der Waals surface area contributed by atoms with E-state index in [9.17, 15) is 4.79 Å². The van der Waals surface area contributed by atoms with Gasteiger partial charge in [-0.25, -0.2) is 9.78 Å². The summed E-state index contributed by atoms with van der Waals surface area (Å²) in [4.78, 5) is 21.7. The molecule has 0 saturated heterocycles. The van der Waals surface area contributed by atoms with Gasteiger partial charge in [0.1, 0.15) is 9.88 Å². The number of aliphatic imine (C=N–C) groups is 1. The van der Waals surface area contributed by atoms with Gasteiger partial charge in [-0.3, -0.25) is 4.99 Å². The minimum atomic E-state index is -0.299. The number of carbonyl (C=O) groups is 1. The van der Waals surface area contributed by atoms with Gasteiger partial charge in [-0.1, -0.05) is 26.2 Å². The number of thiazole rings is 1. The Morgan fingerprint density at radius 2 is 2.04 bits per heavy atom. The smallest absolute Gasteiger partial charge is 0.350 e. The molecule has 1 aromatic heterocycles. The van der Waals surface area contributed by atoms with Crippen molar-refractivity contribution in [1.82, 2.24) is 15.6 Å². The molecule has 7 heteroatoms. The SMILES string of the molecule is CCCCCCN=C(NCC)NC(C)c1nc(C)c(C(=O)OCC)s1. The number of hydrogen-bond donors (Lipinski definition) is 2. The summed E-state index contributed by atoms with van der Waals surface area (Å²) in [5.74, 6) is 0.490. The number of unbranched alkanes of at least 4 members (excludes halogenated alkanes) is 3. The van der Waals surface area contributed by atoms with E-state index in [1.807, 2.05) is 20.8 Å². The first-order valence-electron chi connectivity index (χ1n) is 9.22. The Bertz CT molecular complexity index is 557. The Morgan fingerprint density at radius 1 is 1.28 bits per heavy atom. The molecule has 0 aliphatic carbocycles. The molecule has 6 nitrogen and oxygen atoms in total. The van der Waals surface area contributed by atoms with Crippen LogP contribution in [0.4, 0.5) is 0 Å². The fraction of sp³-hybridized carbons (Fsp3) is 0.722. The van der Waals surface area contributed by atoms with Crippen molar-refractivity contribution in [3.05, 3.63) is 15.6 Å². The highest BCUT2D eigenvalue weighted by molar-refractivity contribution is 7.13. The van der Waals surface area contributed by atoms with Crippen molar-refractivity contribution < 1.29 is 9.53 Å². The van der Waals surface area contributed by atoms with Crippen LogP contribution in [-0.2, 0) is 4.74 Å². The van der Waals surface area contributed by atoms with Crippen LogP contribution in [0, 0.1) is 6.92 Å². The first kappa shape index (κ1) is 21.4. The third kappa shape index (κ3) is 7.42. The molecule has 0 amide bonds. The number of nitrogens with zero attached hydrogens (tertiary/aromatic N) is 2. The first-order chi connectivity index (χ1) is 12.0. The summed E-state index contributed by atoms with van der Waals surface area (Å²) in [5.41, 5.74) is 0.716. The summed E-state index contributed by atoms with van der Waals surface area (Å²) in [5, 5.41) is 7.49. The summed E-state index contributed by atoms with van der Waals surface area (Å²) < 4.78 is 5.08. The highest BCUT2D eigenvalue weighted by Gasteiger charge is 2.20. The molecule has 142 valence electrons. The molecule has 0 fully saturated rings. The van der Waals surface area contributed by atoms with Gasteiger partial charge in [0, 0.05) is 13.1 Å². The van der Waals surface area contributed by atoms with Crippen molar-refractivity contribution in [1.29, 1.82) is 0 Å². The van der Waals surface area contributed by atoms with E-state index in [1.54, 1.807) is 6.92 Å². The maximum Gasteiger partial charge on any atom is 0.350 e. The second-order valence-corrected chi connectivity index (χ2v) is 6.91. The quantitative estimate of drug-likeness (QED) is 0.284. The Labute approximate surface area is 155 Å². The molecule has 25 heavy (non-hydrogen) atoms. The standard InChI is InChI=1S/C18H32N4O2S/c1-6-9-10-11-12-20-18(19-7-2)22-14(5)16-21-13(4)15(25-16)17(23)24-8-3/h14H,6-12H2,1-5H3,(H2,19,20,22). The maximum absolute atomic E-state index is 11.9. The van der Waals surface area contributed by atoms with Crippen LogP contribution in [0.15, 0.2) is 4.99 Å². The van der Waals surface area contributed by atoms with E-state index in [0.29, 0.717) is 17.2 Å². The van der Waals surface area contributed by atoms with E-state index in [2.05, 4.69) is 27.5 Å². The molecule has 2 N–H and O–H groups in total. The van der Waals surface area contributed by atoms with E-state index in [-0.39, 0.29) is 12.0 Å². The van der Waals surface area contributed by atoms with Crippen molar-refractivity contribution in [2.75, 3.05) is 19.7 Å². The average Bonchev–Trinajstić information content (AvgIpc) is 2.97. The second kappa shape index (κ2) is 11.8. The fourth-order valence-electron chi connectivity index (χ4n) is 2.30. The molecule has 0 spiro atoms.